The topological polar surface area (TPSA) is 66.5 Å². The van der Waals surface area contributed by atoms with Crippen molar-refractivity contribution in [3.63, 3.8) is 0 Å². The van der Waals surface area contributed by atoms with Gasteiger partial charge in [0.1, 0.15) is 0 Å². The molecule has 0 heterocycles. The van der Waals surface area contributed by atoms with Gasteiger partial charge in [-0.15, -0.1) is 0 Å². The minimum absolute atomic E-state index is 0.0523. The average Bonchev–Trinajstić information content (AvgIpc) is 3.55. The standard InChI is InChI=1S/C20H21BrN2O3S/c21-16-5-11-19(12-6-16)27(25,26)23(18-9-10-18)13-14-1-3-15(4-2-14)20(24)22-17-7-8-17/h1-6,11-12,17-18H,7-10,13H2,(H,22,24). The molecule has 2 aliphatic rings. The Hall–Kier alpha value is -1.70. The largest absolute Gasteiger partial charge is 0.349 e. The van der Waals surface area contributed by atoms with Gasteiger partial charge in [0.25, 0.3) is 5.91 Å². The Kier molecular flexibility index (Phi) is 5.09. The van der Waals surface area contributed by atoms with Crippen LogP contribution in [0.4, 0.5) is 0 Å². The van der Waals surface area contributed by atoms with E-state index in [2.05, 4.69) is 21.2 Å². The van der Waals surface area contributed by atoms with Crippen LogP contribution < -0.4 is 5.32 Å². The predicted molar refractivity (Wildman–Crippen MR) is 107 cm³/mol. The molecule has 0 aromatic heterocycles. The molecule has 0 aliphatic heterocycles. The van der Waals surface area contributed by atoms with Crippen LogP contribution in [0.1, 0.15) is 41.6 Å². The van der Waals surface area contributed by atoms with Crippen molar-refractivity contribution in [3.8, 4) is 0 Å². The van der Waals surface area contributed by atoms with Crippen molar-refractivity contribution in [1.29, 1.82) is 0 Å². The highest BCUT2D eigenvalue weighted by molar-refractivity contribution is 9.10. The number of sulfonamides is 1. The Morgan fingerprint density at radius 3 is 2.19 bits per heavy atom. The average molecular weight is 449 g/mol. The van der Waals surface area contributed by atoms with Crippen LogP contribution in [-0.4, -0.2) is 30.7 Å². The van der Waals surface area contributed by atoms with Crippen LogP contribution in [0.15, 0.2) is 57.9 Å². The maximum Gasteiger partial charge on any atom is 0.251 e. The number of nitrogens with zero attached hydrogens (tertiary/aromatic N) is 1. The van der Waals surface area contributed by atoms with E-state index >= 15 is 0 Å². The smallest absolute Gasteiger partial charge is 0.251 e. The number of hydrogen-bond acceptors (Lipinski definition) is 3. The van der Waals surface area contributed by atoms with Crippen molar-refractivity contribution in [2.24, 2.45) is 0 Å². The van der Waals surface area contributed by atoms with Crippen molar-refractivity contribution in [2.75, 3.05) is 0 Å². The first-order valence-electron chi connectivity index (χ1n) is 9.11. The van der Waals surface area contributed by atoms with E-state index < -0.39 is 10.0 Å². The summed E-state index contributed by atoms with van der Waals surface area (Å²) in [7, 11) is -3.55. The zero-order valence-corrected chi connectivity index (χ0v) is 17.2. The van der Waals surface area contributed by atoms with Gasteiger partial charge in [0.2, 0.25) is 10.0 Å². The fraction of sp³-hybridized carbons (Fsp3) is 0.350. The number of carbonyl (C=O) groups is 1. The van der Waals surface area contributed by atoms with Gasteiger partial charge < -0.3 is 5.32 Å². The number of nitrogens with one attached hydrogen (secondary N) is 1. The zero-order chi connectivity index (χ0) is 19.0. The summed E-state index contributed by atoms with van der Waals surface area (Å²) in [5.74, 6) is -0.0643. The summed E-state index contributed by atoms with van der Waals surface area (Å²) in [6, 6.07) is 14.3. The monoisotopic (exact) mass is 448 g/mol. The first kappa shape index (κ1) is 18.7. The Bertz CT molecular complexity index is 934. The summed E-state index contributed by atoms with van der Waals surface area (Å²) in [4.78, 5) is 12.4. The minimum atomic E-state index is -3.55. The van der Waals surface area contributed by atoms with Gasteiger partial charge in [-0.05, 0) is 67.6 Å². The van der Waals surface area contributed by atoms with Gasteiger partial charge >= 0.3 is 0 Å². The van der Waals surface area contributed by atoms with E-state index in [1.165, 1.54) is 0 Å². The summed E-state index contributed by atoms with van der Waals surface area (Å²) in [6.45, 7) is 0.313. The highest BCUT2D eigenvalue weighted by Crippen LogP contribution is 2.34. The van der Waals surface area contributed by atoms with E-state index in [0.29, 0.717) is 23.0 Å². The van der Waals surface area contributed by atoms with E-state index in [9.17, 15) is 13.2 Å². The maximum atomic E-state index is 13.1. The lowest BCUT2D eigenvalue weighted by molar-refractivity contribution is 0.0951. The van der Waals surface area contributed by atoms with Crippen LogP contribution in [0.25, 0.3) is 0 Å². The van der Waals surface area contributed by atoms with Crippen LogP contribution >= 0.6 is 15.9 Å². The molecule has 0 radical (unpaired) electrons. The molecule has 0 unspecified atom stereocenters. The lowest BCUT2D eigenvalue weighted by Gasteiger charge is -2.22. The summed E-state index contributed by atoms with van der Waals surface area (Å²) in [5, 5.41) is 2.96. The Morgan fingerprint density at radius 2 is 1.63 bits per heavy atom. The summed E-state index contributed by atoms with van der Waals surface area (Å²) in [6.07, 6.45) is 3.87. The highest BCUT2D eigenvalue weighted by Gasteiger charge is 2.38. The summed E-state index contributed by atoms with van der Waals surface area (Å²) >= 11 is 3.34. The van der Waals surface area contributed by atoms with Crippen LogP contribution in [0, 0.1) is 0 Å². The maximum absolute atomic E-state index is 13.1. The minimum Gasteiger partial charge on any atom is -0.349 e. The molecule has 2 aromatic carbocycles. The quantitative estimate of drug-likeness (QED) is 0.701. The molecule has 2 saturated carbocycles. The third-order valence-electron chi connectivity index (χ3n) is 4.84. The number of amides is 1. The predicted octanol–water partition coefficient (Wildman–Crippen LogP) is 3.69. The van der Waals surface area contributed by atoms with Crippen molar-refractivity contribution in [2.45, 2.75) is 49.2 Å². The van der Waals surface area contributed by atoms with Gasteiger partial charge in [-0.25, -0.2) is 8.42 Å². The van der Waals surface area contributed by atoms with E-state index in [0.717, 1.165) is 35.7 Å². The van der Waals surface area contributed by atoms with E-state index in [4.69, 9.17) is 0 Å². The number of rotatable bonds is 7. The lowest BCUT2D eigenvalue weighted by atomic mass is 10.1. The van der Waals surface area contributed by atoms with Crippen LogP contribution in [-0.2, 0) is 16.6 Å². The second kappa shape index (κ2) is 7.37. The SMILES string of the molecule is O=C(NC1CC1)c1ccc(CN(C2CC2)S(=O)(=O)c2ccc(Br)cc2)cc1. The fourth-order valence-corrected chi connectivity index (χ4v) is 4.89. The number of hydrogen-bond donors (Lipinski definition) is 1. The molecule has 142 valence electrons. The van der Waals surface area contributed by atoms with E-state index in [1.54, 1.807) is 40.7 Å². The molecule has 1 amide bonds. The van der Waals surface area contributed by atoms with E-state index in [-0.39, 0.29) is 11.9 Å². The van der Waals surface area contributed by atoms with Gasteiger partial charge in [-0.1, -0.05) is 28.1 Å². The molecule has 2 fully saturated rings. The molecule has 0 atom stereocenters. The molecular weight excluding hydrogens is 428 g/mol. The Morgan fingerprint density at radius 1 is 1.00 bits per heavy atom. The van der Waals surface area contributed by atoms with Crippen LogP contribution in [0.5, 0.6) is 0 Å². The molecule has 2 aliphatic carbocycles. The summed E-state index contributed by atoms with van der Waals surface area (Å²) < 4.78 is 28.6. The van der Waals surface area contributed by atoms with Gasteiger partial charge in [-0.3, -0.25) is 4.79 Å². The number of carbonyl (C=O) groups excluding carboxylic acids is 1. The van der Waals surface area contributed by atoms with Crippen molar-refractivity contribution in [3.05, 3.63) is 64.1 Å². The Labute approximate surface area is 167 Å². The molecular formula is C20H21BrN2O3S. The van der Waals surface area contributed by atoms with E-state index in [1.807, 2.05) is 12.1 Å². The van der Waals surface area contributed by atoms with Crippen LogP contribution in [0.2, 0.25) is 0 Å². The van der Waals surface area contributed by atoms with Gasteiger partial charge in [-0.2, -0.15) is 4.31 Å². The first-order chi connectivity index (χ1) is 12.9. The number of benzene rings is 2. The molecule has 1 N–H and O–H groups in total. The zero-order valence-electron chi connectivity index (χ0n) is 14.8. The van der Waals surface area contributed by atoms with Crippen molar-refractivity contribution in [1.82, 2.24) is 9.62 Å². The fourth-order valence-electron chi connectivity index (χ4n) is 2.95. The summed E-state index contributed by atoms with van der Waals surface area (Å²) in [5.41, 5.74) is 1.49. The normalized spacial score (nSPS) is 17.1. The number of halogens is 1. The Balaban J connectivity index is 1.51. The molecule has 2 aromatic rings. The molecule has 0 spiro atoms. The third kappa shape index (κ3) is 4.42. The van der Waals surface area contributed by atoms with Gasteiger partial charge in [0.05, 0.1) is 4.90 Å². The second-order valence-electron chi connectivity index (χ2n) is 7.18. The van der Waals surface area contributed by atoms with Crippen molar-refractivity contribution >= 4 is 31.9 Å². The third-order valence-corrected chi connectivity index (χ3v) is 7.28. The molecule has 4 rings (SSSR count). The first-order valence-corrected chi connectivity index (χ1v) is 11.3. The van der Waals surface area contributed by atoms with Gasteiger partial charge in [0, 0.05) is 28.7 Å². The highest BCUT2D eigenvalue weighted by atomic mass is 79.9. The molecule has 5 nitrogen and oxygen atoms in total. The lowest BCUT2D eigenvalue weighted by Crippen LogP contribution is -2.32. The van der Waals surface area contributed by atoms with Crippen molar-refractivity contribution < 1.29 is 13.2 Å². The van der Waals surface area contributed by atoms with Crippen LogP contribution in [0.3, 0.4) is 0 Å². The van der Waals surface area contributed by atoms with Gasteiger partial charge in [0.15, 0.2) is 0 Å². The molecule has 0 saturated heterocycles. The molecule has 27 heavy (non-hydrogen) atoms. The second-order valence-corrected chi connectivity index (χ2v) is 9.99. The molecule has 0 bridgehead atoms. The molecule has 7 heteroatoms.